The molecule has 172 valence electrons. The number of nitrogens with one attached hydrogen (secondary N) is 2. The summed E-state index contributed by atoms with van der Waals surface area (Å²) in [5.74, 6) is 0.557. The van der Waals surface area contributed by atoms with Crippen LogP contribution in [0.3, 0.4) is 0 Å². The van der Waals surface area contributed by atoms with Crippen LogP contribution in [0.25, 0.3) is 0 Å². The number of fused-ring (bicyclic) bond motifs is 1. The van der Waals surface area contributed by atoms with Crippen molar-refractivity contribution in [3.05, 3.63) is 77.3 Å². The Labute approximate surface area is 196 Å². The molecule has 8 nitrogen and oxygen atoms in total. The number of carbonyl (C=O) groups is 1. The minimum Gasteiger partial charge on any atom is -0.486 e. The van der Waals surface area contributed by atoms with Crippen LogP contribution >= 0.6 is 11.6 Å². The van der Waals surface area contributed by atoms with Gasteiger partial charge in [-0.1, -0.05) is 29.8 Å². The molecule has 3 aromatic rings. The Balaban J connectivity index is 1.31. The van der Waals surface area contributed by atoms with Crippen molar-refractivity contribution < 1.29 is 27.4 Å². The fourth-order valence-corrected chi connectivity index (χ4v) is 4.36. The molecule has 4 rings (SSSR count). The Morgan fingerprint density at radius 1 is 0.939 bits per heavy atom. The third kappa shape index (κ3) is 5.95. The van der Waals surface area contributed by atoms with E-state index in [0.717, 1.165) is 5.56 Å². The fourth-order valence-electron chi connectivity index (χ4n) is 3.09. The topological polar surface area (TPSA) is 103 Å². The van der Waals surface area contributed by atoms with E-state index >= 15 is 0 Å². The van der Waals surface area contributed by atoms with Crippen molar-refractivity contribution in [3.63, 3.8) is 0 Å². The molecule has 0 radical (unpaired) electrons. The summed E-state index contributed by atoms with van der Waals surface area (Å²) in [7, 11) is -3.83. The lowest BCUT2D eigenvalue weighted by atomic mass is 10.2. The SMILES string of the molecule is O=C(COCc1ccccc1Cl)Nc1ccc(NS(=O)(=O)c2ccc3c(c2)OCCO3)cc1. The first-order valence-electron chi connectivity index (χ1n) is 10.0. The number of sulfonamides is 1. The molecule has 0 spiro atoms. The minimum atomic E-state index is -3.83. The average molecular weight is 489 g/mol. The predicted octanol–water partition coefficient (Wildman–Crippen LogP) is 4.07. The van der Waals surface area contributed by atoms with E-state index in [2.05, 4.69) is 10.0 Å². The van der Waals surface area contributed by atoms with Crippen molar-refractivity contribution >= 4 is 38.9 Å². The lowest BCUT2D eigenvalue weighted by Crippen LogP contribution is -2.18. The van der Waals surface area contributed by atoms with E-state index in [-0.39, 0.29) is 24.0 Å². The standard InChI is InChI=1S/C23H21ClN2O6S/c24-20-4-2-1-3-16(20)14-30-15-23(27)25-17-5-7-18(8-6-17)26-33(28,29)19-9-10-21-22(13-19)32-12-11-31-21/h1-10,13,26H,11-12,14-15H2,(H,25,27). The molecule has 0 saturated heterocycles. The van der Waals surface area contributed by atoms with Crippen molar-refractivity contribution in [2.75, 3.05) is 29.9 Å². The number of ether oxygens (including phenoxy) is 3. The van der Waals surface area contributed by atoms with Crippen LogP contribution < -0.4 is 19.5 Å². The summed E-state index contributed by atoms with van der Waals surface area (Å²) in [5, 5.41) is 3.27. The smallest absolute Gasteiger partial charge is 0.262 e. The number of anilines is 2. The Kier molecular flexibility index (Phi) is 7.02. The summed E-state index contributed by atoms with van der Waals surface area (Å²) in [6.45, 7) is 0.854. The highest BCUT2D eigenvalue weighted by Gasteiger charge is 2.19. The monoisotopic (exact) mass is 488 g/mol. The summed E-state index contributed by atoms with van der Waals surface area (Å²) in [4.78, 5) is 12.2. The van der Waals surface area contributed by atoms with Crippen molar-refractivity contribution in [3.8, 4) is 11.5 Å². The quantitative estimate of drug-likeness (QED) is 0.495. The molecule has 0 unspecified atom stereocenters. The maximum atomic E-state index is 12.7. The highest BCUT2D eigenvalue weighted by molar-refractivity contribution is 7.92. The van der Waals surface area contributed by atoms with Crippen molar-refractivity contribution in [2.45, 2.75) is 11.5 Å². The van der Waals surface area contributed by atoms with Gasteiger partial charge in [0.2, 0.25) is 5.91 Å². The number of benzene rings is 3. The van der Waals surface area contributed by atoms with E-state index in [1.165, 1.54) is 12.1 Å². The van der Waals surface area contributed by atoms with Crippen LogP contribution in [-0.4, -0.2) is 34.1 Å². The molecule has 0 aliphatic carbocycles. The molecule has 0 atom stereocenters. The van der Waals surface area contributed by atoms with Gasteiger partial charge in [-0.3, -0.25) is 9.52 Å². The van der Waals surface area contributed by atoms with Crippen LogP contribution in [0, 0.1) is 0 Å². The second-order valence-electron chi connectivity index (χ2n) is 7.12. The Bertz CT molecular complexity index is 1250. The van der Waals surface area contributed by atoms with Crippen molar-refractivity contribution in [1.29, 1.82) is 0 Å². The van der Waals surface area contributed by atoms with Gasteiger partial charge in [0.05, 0.1) is 11.5 Å². The molecule has 0 bridgehead atoms. The average Bonchev–Trinajstić information content (AvgIpc) is 2.81. The fraction of sp³-hybridized carbons (Fsp3) is 0.174. The minimum absolute atomic E-state index is 0.0554. The maximum Gasteiger partial charge on any atom is 0.262 e. The number of amides is 1. The van der Waals surface area contributed by atoms with Crippen LogP contribution in [0.2, 0.25) is 5.02 Å². The van der Waals surface area contributed by atoms with Crippen LogP contribution in [0.15, 0.2) is 71.6 Å². The summed E-state index contributed by atoms with van der Waals surface area (Å²) in [6, 6.07) is 18.0. The van der Waals surface area contributed by atoms with Gasteiger partial charge in [-0.05, 0) is 48.0 Å². The molecule has 2 N–H and O–H groups in total. The zero-order valence-corrected chi connectivity index (χ0v) is 19.0. The first-order chi connectivity index (χ1) is 15.9. The lowest BCUT2D eigenvalue weighted by molar-refractivity contribution is -0.121. The van der Waals surface area contributed by atoms with Gasteiger partial charge >= 0.3 is 0 Å². The Morgan fingerprint density at radius 3 is 2.39 bits per heavy atom. The van der Waals surface area contributed by atoms with E-state index in [1.54, 1.807) is 36.4 Å². The third-order valence-corrected chi connectivity index (χ3v) is 6.44. The lowest BCUT2D eigenvalue weighted by Gasteiger charge is -2.19. The van der Waals surface area contributed by atoms with Gasteiger partial charge in [0.15, 0.2) is 11.5 Å². The highest BCUT2D eigenvalue weighted by Crippen LogP contribution is 2.32. The maximum absolute atomic E-state index is 12.7. The second-order valence-corrected chi connectivity index (χ2v) is 9.21. The van der Waals surface area contributed by atoms with Crippen LogP contribution in [0.4, 0.5) is 11.4 Å². The van der Waals surface area contributed by atoms with Gasteiger partial charge in [-0.2, -0.15) is 0 Å². The van der Waals surface area contributed by atoms with E-state index < -0.39 is 10.0 Å². The molecule has 3 aromatic carbocycles. The van der Waals surface area contributed by atoms with Gasteiger partial charge in [-0.25, -0.2) is 8.42 Å². The van der Waals surface area contributed by atoms with Crippen LogP contribution in [0.1, 0.15) is 5.56 Å². The zero-order chi connectivity index (χ0) is 23.3. The summed E-state index contributed by atoms with van der Waals surface area (Å²) in [5.41, 5.74) is 1.64. The number of carbonyl (C=O) groups excluding carboxylic acids is 1. The van der Waals surface area contributed by atoms with Crippen molar-refractivity contribution in [2.24, 2.45) is 0 Å². The Hall–Kier alpha value is -3.27. The van der Waals surface area contributed by atoms with Gasteiger partial charge < -0.3 is 19.5 Å². The van der Waals surface area contributed by atoms with Gasteiger partial charge in [0.25, 0.3) is 10.0 Å². The molecule has 33 heavy (non-hydrogen) atoms. The first kappa shape index (κ1) is 22.9. The van der Waals surface area contributed by atoms with Crippen molar-refractivity contribution in [1.82, 2.24) is 0 Å². The Morgan fingerprint density at radius 2 is 1.64 bits per heavy atom. The molecule has 1 heterocycles. The summed E-state index contributed by atoms with van der Waals surface area (Å²) >= 11 is 6.06. The van der Waals surface area contributed by atoms with Gasteiger partial charge in [0, 0.05) is 22.5 Å². The predicted molar refractivity (Wildman–Crippen MR) is 124 cm³/mol. The number of rotatable bonds is 8. The van der Waals surface area contributed by atoms with Crippen LogP contribution in [-0.2, 0) is 26.2 Å². The highest BCUT2D eigenvalue weighted by atomic mass is 35.5. The molecule has 0 aromatic heterocycles. The van der Waals surface area contributed by atoms with Gasteiger partial charge in [0.1, 0.15) is 19.8 Å². The number of hydrogen-bond acceptors (Lipinski definition) is 6. The first-order valence-corrected chi connectivity index (χ1v) is 11.9. The molecular weight excluding hydrogens is 468 g/mol. The molecule has 1 aliphatic heterocycles. The van der Waals surface area contributed by atoms with Crippen LogP contribution in [0.5, 0.6) is 11.5 Å². The molecule has 1 aliphatic rings. The molecule has 1 amide bonds. The summed E-state index contributed by atoms with van der Waals surface area (Å²) < 4.78 is 44.2. The normalized spacial score (nSPS) is 12.8. The number of halogens is 1. The largest absolute Gasteiger partial charge is 0.486 e. The third-order valence-electron chi connectivity index (χ3n) is 4.69. The second kappa shape index (κ2) is 10.1. The van der Waals surface area contributed by atoms with E-state index in [1.807, 2.05) is 18.2 Å². The van der Waals surface area contributed by atoms with Gasteiger partial charge in [-0.15, -0.1) is 0 Å². The zero-order valence-electron chi connectivity index (χ0n) is 17.4. The van der Waals surface area contributed by atoms with E-state index in [4.69, 9.17) is 25.8 Å². The molecule has 0 fully saturated rings. The molecule has 0 saturated carbocycles. The number of hydrogen-bond donors (Lipinski definition) is 2. The molecule has 10 heteroatoms. The van der Waals surface area contributed by atoms with E-state index in [0.29, 0.717) is 41.1 Å². The molecular formula is C23H21ClN2O6S. The summed E-state index contributed by atoms with van der Waals surface area (Å²) in [6.07, 6.45) is 0. The van der Waals surface area contributed by atoms with E-state index in [9.17, 15) is 13.2 Å².